The lowest BCUT2D eigenvalue weighted by molar-refractivity contribution is 1.07. The fourth-order valence-electron chi connectivity index (χ4n) is 5.77. The van der Waals surface area contributed by atoms with Crippen molar-refractivity contribution in [2.75, 3.05) is 0 Å². The zero-order valence-corrected chi connectivity index (χ0v) is 23.5. The van der Waals surface area contributed by atoms with Crippen LogP contribution in [0.1, 0.15) is 5.56 Å². The maximum atomic E-state index is 9.37. The van der Waals surface area contributed by atoms with E-state index in [1.54, 1.807) is 0 Å². The monoisotopic (exact) mass is 561 g/mol. The van der Waals surface area contributed by atoms with Gasteiger partial charge in [-0.25, -0.2) is 19.9 Å². The van der Waals surface area contributed by atoms with Crippen LogP contribution in [-0.2, 0) is 0 Å². The van der Waals surface area contributed by atoms with Crippen molar-refractivity contribution in [1.29, 1.82) is 5.26 Å². The highest BCUT2D eigenvalue weighted by molar-refractivity contribution is 6.22. The van der Waals surface area contributed by atoms with Crippen LogP contribution in [-0.4, -0.2) is 19.9 Å². The van der Waals surface area contributed by atoms with Crippen molar-refractivity contribution in [3.63, 3.8) is 0 Å². The van der Waals surface area contributed by atoms with Crippen LogP contribution in [0.3, 0.4) is 0 Å². The highest BCUT2D eigenvalue weighted by Crippen LogP contribution is 2.38. The van der Waals surface area contributed by atoms with Crippen LogP contribution in [0.4, 0.5) is 0 Å². The Morgan fingerprint density at radius 3 is 1.66 bits per heavy atom. The summed E-state index contributed by atoms with van der Waals surface area (Å²) < 4.78 is 0. The lowest BCUT2D eigenvalue weighted by Crippen LogP contribution is -2.00. The third kappa shape index (κ3) is 4.43. The van der Waals surface area contributed by atoms with Gasteiger partial charge >= 0.3 is 0 Å². The van der Waals surface area contributed by atoms with E-state index in [9.17, 15) is 5.26 Å². The Hall–Kier alpha value is -6.25. The summed E-state index contributed by atoms with van der Waals surface area (Å²) in [5.74, 6) is 1.81. The van der Waals surface area contributed by atoms with Crippen LogP contribution < -0.4 is 0 Å². The van der Waals surface area contributed by atoms with Gasteiger partial charge in [-0.15, -0.1) is 0 Å². The summed E-state index contributed by atoms with van der Waals surface area (Å²) in [7, 11) is 0. The predicted octanol–water partition coefficient (Wildman–Crippen LogP) is 9.27. The van der Waals surface area contributed by atoms with Gasteiger partial charge in [0.15, 0.2) is 17.5 Å². The molecule has 0 N–H and O–H groups in total. The normalized spacial score (nSPS) is 11.2. The van der Waals surface area contributed by atoms with E-state index >= 15 is 0 Å². The Bertz CT molecular complexity index is 2320. The molecule has 5 nitrogen and oxygen atoms in total. The van der Waals surface area contributed by atoms with E-state index in [2.05, 4.69) is 60.7 Å². The van der Waals surface area contributed by atoms with Crippen molar-refractivity contribution < 1.29 is 0 Å². The smallest absolute Gasteiger partial charge is 0.164 e. The van der Waals surface area contributed by atoms with Crippen molar-refractivity contribution in [2.45, 2.75) is 0 Å². The molecule has 0 radical (unpaired) electrons. The molecular formula is C39H23N5. The van der Waals surface area contributed by atoms with Gasteiger partial charge in [-0.3, -0.25) is 0 Å². The molecule has 0 bridgehead atoms. The van der Waals surface area contributed by atoms with E-state index in [4.69, 9.17) is 19.9 Å². The Morgan fingerprint density at radius 2 is 1.00 bits per heavy atom. The molecule has 0 atom stereocenters. The first kappa shape index (κ1) is 25.5. The third-order valence-corrected chi connectivity index (χ3v) is 7.93. The van der Waals surface area contributed by atoms with Gasteiger partial charge < -0.3 is 0 Å². The molecule has 5 heteroatoms. The van der Waals surface area contributed by atoms with Gasteiger partial charge in [-0.2, -0.15) is 5.26 Å². The average molecular weight is 562 g/mol. The maximum absolute atomic E-state index is 9.37. The van der Waals surface area contributed by atoms with Gasteiger partial charge in [0.25, 0.3) is 0 Å². The SMILES string of the molecule is N#Cc1ccc(-c2nc3cc(-c4nc(-c5ccccc5)nc(-c5ccccc5)n4)ccc3c3c2ccc2ccccc23)cc1. The second-order valence-electron chi connectivity index (χ2n) is 10.6. The Balaban J connectivity index is 1.39. The second kappa shape index (κ2) is 10.5. The lowest BCUT2D eigenvalue weighted by Gasteiger charge is -2.14. The van der Waals surface area contributed by atoms with Crippen molar-refractivity contribution >= 4 is 32.4 Å². The molecule has 0 aliphatic rings. The van der Waals surface area contributed by atoms with E-state index in [-0.39, 0.29) is 0 Å². The van der Waals surface area contributed by atoms with E-state index in [1.165, 1.54) is 5.39 Å². The summed E-state index contributed by atoms with van der Waals surface area (Å²) in [5.41, 5.74) is 5.98. The molecule has 0 amide bonds. The number of hydrogen-bond acceptors (Lipinski definition) is 5. The highest BCUT2D eigenvalue weighted by Gasteiger charge is 2.16. The third-order valence-electron chi connectivity index (χ3n) is 7.93. The van der Waals surface area contributed by atoms with Crippen LogP contribution in [0.25, 0.3) is 77.9 Å². The van der Waals surface area contributed by atoms with E-state index in [0.717, 1.165) is 55.0 Å². The zero-order valence-electron chi connectivity index (χ0n) is 23.5. The number of hydrogen-bond donors (Lipinski definition) is 0. The van der Waals surface area contributed by atoms with Gasteiger partial charge in [0, 0.05) is 38.4 Å². The Labute approximate surface area is 253 Å². The maximum Gasteiger partial charge on any atom is 0.164 e. The van der Waals surface area contributed by atoms with Gasteiger partial charge in [-0.1, -0.05) is 121 Å². The molecule has 44 heavy (non-hydrogen) atoms. The average Bonchev–Trinajstić information content (AvgIpc) is 3.11. The number of fused-ring (bicyclic) bond motifs is 5. The molecule has 2 heterocycles. The number of pyridine rings is 1. The fraction of sp³-hybridized carbons (Fsp3) is 0. The highest BCUT2D eigenvalue weighted by atomic mass is 15.0. The molecule has 0 aliphatic carbocycles. The summed E-state index contributed by atoms with van der Waals surface area (Å²) in [6.07, 6.45) is 0. The molecule has 0 saturated carbocycles. The van der Waals surface area contributed by atoms with E-state index in [0.29, 0.717) is 23.0 Å². The fourth-order valence-corrected chi connectivity index (χ4v) is 5.77. The molecule has 2 aromatic heterocycles. The Kier molecular flexibility index (Phi) is 6.10. The van der Waals surface area contributed by atoms with Crippen molar-refractivity contribution in [2.24, 2.45) is 0 Å². The van der Waals surface area contributed by atoms with Crippen LogP contribution in [0.2, 0.25) is 0 Å². The summed E-state index contributed by atoms with van der Waals surface area (Å²) >= 11 is 0. The van der Waals surface area contributed by atoms with Crippen molar-refractivity contribution in [3.05, 3.63) is 145 Å². The molecular weight excluding hydrogens is 538 g/mol. The number of rotatable bonds is 4. The largest absolute Gasteiger partial charge is 0.247 e. The molecule has 0 unspecified atom stereocenters. The van der Waals surface area contributed by atoms with Crippen molar-refractivity contribution in [3.8, 4) is 51.5 Å². The first-order chi connectivity index (χ1) is 21.7. The number of nitriles is 1. The summed E-state index contributed by atoms with van der Waals surface area (Å²) in [5, 5.41) is 15.0. The minimum Gasteiger partial charge on any atom is -0.247 e. The van der Waals surface area contributed by atoms with E-state index < -0.39 is 0 Å². The molecule has 0 fully saturated rings. The number of benzene rings is 6. The number of nitrogens with zero attached hydrogens (tertiary/aromatic N) is 5. The van der Waals surface area contributed by atoms with Gasteiger partial charge in [0.2, 0.25) is 0 Å². The Morgan fingerprint density at radius 1 is 0.432 bits per heavy atom. The van der Waals surface area contributed by atoms with Gasteiger partial charge in [-0.05, 0) is 29.0 Å². The second-order valence-corrected chi connectivity index (χ2v) is 10.6. The molecule has 0 spiro atoms. The van der Waals surface area contributed by atoms with Gasteiger partial charge in [0.1, 0.15) is 0 Å². The number of aromatic nitrogens is 4. The first-order valence-electron chi connectivity index (χ1n) is 14.4. The first-order valence-corrected chi connectivity index (χ1v) is 14.4. The van der Waals surface area contributed by atoms with E-state index in [1.807, 2.05) is 84.9 Å². The van der Waals surface area contributed by atoms with Crippen LogP contribution in [0.15, 0.2) is 140 Å². The van der Waals surface area contributed by atoms with Gasteiger partial charge in [0.05, 0.1) is 22.8 Å². The quantitative estimate of drug-likeness (QED) is 0.200. The standard InChI is InChI=1S/C39H23N5/c40-24-25-15-17-27(18-16-25)36-33-22-19-26-9-7-8-14-31(26)35(33)32-21-20-30(23-34(32)41-36)39-43-37(28-10-3-1-4-11-28)42-38(44-39)29-12-5-2-6-13-29/h1-23H. The lowest BCUT2D eigenvalue weighted by atomic mass is 9.94. The zero-order chi connectivity index (χ0) is 29.5. The molecule has 8 rings (SSSR count). The summed E-state index contributed by atoms with van der Waals surface area (Å²) in [6.45, 7) is 0. The summed E-state index contributed by atoms with van der Waals surface area (Å²) in [6, 6.07) is 48.8. The van der Waals surface area contributed by atoms with Crippen LogP contribution in [0.5, 0.6) is 0 Å². The predicted molar refractivity (Wildman–Crippen MR) is 177 cm³/mol. The summed E-state index contributed by atoms with van der Waals surface area (Å²) in [4.78, 5) is 19.9. The molecule has 0 aliphatic heterocycles. The minimum atomic E-state index is 0.583. The molecule has 8 aromatic rings. The van der Waals surface area contributed by atoms with Crippen LogP contribution >= 0.6 is 0 Å². The molecule has 0 saturated heterocycles. The molecule has 204 valence electrons. The van der Waals surface area contributed by atoms with Crippen molar-refractivity contribution in [1.82, 2.24) is 19.9 Å². The minimum absolute atomic E-state index is 0.583. The molecule has 6 aromatic carbocycles. The van der Waals surface area contributed by atoms with Crippen LogP contribution in [0, 0.1) is 11.3 Å². The topological polar surface area (TPSA) is 75.3 Å².